The number of nitro benzene ring substituents is 1. The van der Waals surface area contributed by atoms with Gasteiger partial charge in [0.15, 0.2) is 12.1 Å². The molecule has 2 aromatic heterocycles. The highest BCUT2D eigenvalue weighted by molar-refractivity contribution is 5.84. The van der Waals surface area contributed by atoms with Gasteiger partial charge in [-0.1, -0.05) is 27.7 Å². The van der Waals surface area contributed by atoms with Crippen molar-refractivity contribution < 1.29 is 56.6 Å². The highest BCUT2D eigenvalue weighted by Crippen LogP contribution is 2.23. The highest BCUT2D eigenvalue weighted by atomic mass is 16.6. The van der Waals surface area contributed by atoms with Crippen LogP contribution >= 0.6 is 0 Å². The van der Waals surface area contributed by atoms with E-state index < -0.39 is 81.7 Å². The Bertz CT molecular complexity index is 2100. The lowest BCUT2D eigenvalue weighted by molar-refractivity contribution is -0.384. The van der Waals surface area contributed by atoms with Crippen molar-refractivity contribution in [3.63, 3.8) is 0 Å². The number of carbonyl (C=O) groups excluding carboxylic acids is 4. The summed E-state index contributed by atoms with van der Waals surface area (Å²) >= 11 is 0. The van der Waals surface area contributed by atoms with Gasteiger partial charge >= 0.3 is 24.1 Å². The summed E-state index contributed by atoms with van der Waals surface area (Å²) in [6.07, 6.45) is -0.344. The molecule has 0 aliphatic rings. The smallest absolute Gasteiger partial charge is 0.413 e. The summed E-state index contributed by atoms with van der Waals surface area (Å²) in [6.45, 7) is 36.6. The van der Waals surface area contributed by atoms with Crippen molar-refractivity contribution in [2.24, 2.45) is 5.73 Å². The minimum atomic E-state index is -1.11. The Hall–Kier alpha value is -5.74. The zero-order chi connectivity index (χ0) is 54.1. The van der Waals surface area contributed by atoms with Crippen LogP contribution in [0.4, 0.5) is 15.3 Å². The number of non-ortho nitro benzene ring substituents is 1. The molecule has 0 aliphatic heterocycles. The number of amides is 3. The Morgan fingerprint density at radius 1 is 0.614 bits per heavy atom. The Labute approximate surface area is 413 Å². The zero-order valence-corrected chi connectivity index (χ0v) is 45.0. The van der Waals surface area contributed by atoms with Crippen LogP contribution in [-0.2, 0) is 28.5 Å². The van der Waals surface area contributed by atoms with Gasteiger partial charge in [-0.25, -0.2) is 19.2 Å². The standard InChI is InChI=1S/C21H38N4O5.C19H28N2O7.C8H15N3O/c1-11-12(2)16-24-25-17(28-16)13(3)22-19(27)23-15(14(4)29-20(5,6)7)18(26)30-21(8,9)10;1-12(27-18(2,3)4)15(16(22)28-19(5,6)7)20-17(23)26-14-10-8-13(9-11-14)21(24)25;1-4-5(2)7-10-11-8(12-7)6(3)9/h12-15H,11H2,1-10H3,(H2,22,23,27);8-12,15H,1-7H3,(H,20,23);5-6H,4,9H2,1-3H3/t12-,13-,14?,15-;12?,15-;5-,6-/m000/s1. The lowest BCUT2D eigenvalue weighted by Gasteiger charge is -2.32. The molecule has 0 saturated heterocycles. The summed E-state index contributed by atoms with van der Waals surface area (Å²) in [7, 11) is 0. The number of esters is 2. The predicted octanol–water partition coefficient (Wildman–Crippen LogP) is 9.06. The van der Waals surface area contributed by atoms with E-state index in [9.17, 15) is 29.3 Å². The van der Waals surface area contributed by atoms with Crippen molar-refractivity contribution in [3.05, 3.63) is 57.9 Å². The van der Waals surface area contributed by atoms with Crippen LogP contribution in [0.25, 0.3) is 0 Å². The van der Waals surface area contributed by atoms with Crippen LogP contribution in [0.5, 0.6) is 5.75 Å². The second kappa shape index (κ2) is 27.0. The maximum atomic E-state index is 12.7. The van der Waals surface area contributed by atoms with E-state index >= 15 is 0 Å². The molecule has 0 saturated carbocycles. The molecule has 0 spiro atoms. The number of benzene rings is 1. The second-order valence-corrected chi connectivity index (χ2v) is 20.9. The van der Waals surface area contributed by atoms with Crippen LogP contribution in [0.2, 0.25) is 0 Å². The third kappa shape index (κ3) is 24.2. The van der Waals surface area contributed by atoms with Crippen LogP contribution in [0.3, 0.4) is 0 Å². The van der Waals surface area contributed by atoms with Gasteiger partial charge in [-0.3, -0.25) is 10.1 Å². The first-order chi connectivity index (χ1) is 31.9. The van der Waals surface area contributed by atoms with E-state index in [2.05, 4.69) is 50.2 Å². The van der Waals surface area contributed by atoms with E-state index in [1.54, 1.807) is 62.3 Å². The molecule has 8 atom stereocenters. The highest BCUT2D eigenvalue weighted by Gasteiger charge is 2.36. The number of nitrogens with one attached hydrogen (secondary N) is 3. The third-order valence-corrected chi connectivity index (χ3v) is 9.25. The molecule has 0 fully saturated rings. The van der Waals surface area contributed by atoms with E-state index in [1.165, 1.54) is 24.3 Å². The van der Waals surface area contributed by atoms with E-state index in [1.807, 2.05) is 62.3 Å². The summed E-state index contributed by atoms with van der Waals surface area (Å²) in [4.78, 5) is 60.2. The molecule has 3 aromatic rings. The fraction of sp³-hybridized carbons (Fsp3) is 0.708. The van der Waals surface area contributed by atoms with Gasteiger partial charge in [0.2, 0.25) is 23.6 Å². The Balaban J connectivity index is 0.000000568. The summed E-state index contributed by atoms with van der Waals surface area (Å²) in [5.74, 6) is 1.35. The molecular formula is C48H81N9O13. The van der Waals surface area contributed by atoms with E-state index in [0.717, 1.165) is 12.8 Å². The number of nitrogens with zero attached hydrogens (tertiary/aromatic N) is 5. The van der Waals surface area contributed by atoms with Crippen molar-refractivity contribution in [1.82, 2.24) is 36.3 Å². The summed E-state index contributed by atoms with van der Waals surface area (Å²) in [6, 6.07) is 1.62. The largest absolute Gasteiger partial charge is 0.458 e. The quantitative estimate of drug-likeness (QED) is 0.0557. The Kier molecular flexibility index (Phi) is 24.0. The molecule has 0 aliphatic carbocycles. The van der Waals surface area contributed by atoms with Gasteiger partial charge in [0, 0.05) is 24.0 Å². The van der Waals surface area contributed by atoms with Crippen LogP contribution < -0.4 is 26.4 Å². The van der Waals surface area contributed by atoms with E-state index in [-0.39, 0.29) is 23.4 Å². The summed E-state index contributed by atoms with van der Waals surface area (Å²) in [5.41, 5.74) is 2.94. The molecule has 0 radical (unpaired) electrons. The molecule has 22 heteroatoms. The lowest BCUT2D eigenvalue weighted by Crippen LogP contribution is -2.55. The van der Waals surface area contributed by atoms with Gasteiger partial charge in [-0.05, 0) is 136 Å². The Morgan fingerprint density at radius 3 is 1.36 bits per heavy atom. The summed E-state index contributed by atoms with van der Waals surface area (Å²) < 4.78 is 38.6. The van der Waals surface area contributed by atoms with Gasteiger partial charge < -0.3 is 54.2 Å². The van der Waals surface area contributed by atoms with E-state index in [0.29, 0.717) is 29.5 Å². The molecule has 3 rings (SSSR count). The molecule has 22 nitrogen and oxygen atoms in total. The van der Waals surface area contributed by atoms with Crippen molar-refractivity contribution in [2.45, 2.75) is 222 Å². The predicted molar refractivity (Wildman–Crippen MR) is 261 cm³/mol. The van der Waals surface area contributed by atoms with Gasteiger partial charge in [-0.2, -0.15) is 0 Å². The van der Waals surface area contributed by atoms with E-state index in [4.69, 9.17) is 38.3 Å². The third-order valence-electron chi connectivity index (χ3n) is 9.25. The van der Waals surface area contributed by atoms with Gasteiger partial charge in [0.1, 0.15) is 23.0 Å². The Morgan fingerprint density at radius 2 is 1.00 bits per heavy atom. The molecule has 5 N–H and O–H groups in total. The molecule has 0 bridgehead atoms. The average molecular weight is 992 g/mol. The topological polar surface area (TPSA) is 298 Å². The molecule has 3 amide bonds. The number of ether oxygens (including phenoxy) is 5. The van der Waals surface area contributed by atoms with Crippen molar-refractivity contribution in [2.75, 3.05) is 0 Å². The minimum absolute atomic E-state index is 0.0930. The monoisotopic (exact) mass is 992 g/mol. The lowest BCUT2D eigenvalue weighted by atomic mass is 10.1. The maximum Gasteiger partial charge on any atom is 0.413 e. The first-order valence-electron chi connectivity index (χ1n) is 23.5. The van der Waals surface area contributed by atoms with Crippen LogP contribution in [0, 0.1) is 10.1 Å². The number of nitro groups is 1. The number of nitrogens with two attached hydrogens (primary N) is 1. The first-order valence-corrected chi connectivity index (χ1v) is 23.5. The molecule has 396 valence electrons. The van der Waals surface area contributed by atoms with Gasteiger partial charge in [-0.15, -0.1) is 20.4 Å². The SMILES string of the molecule is CC(OC(C)(C)C)[C@H](NC(=O)Oc1ccc([N+](=O)[O-])cc1)C(=O)OC(C)(C)C.CC[C@H](C)c1nnc([C@H](C)N)o1.CC[C@H](C)c1nnc([C@H](C)NC(=O)N[C@H](C(=O)OC(C)(C)C)C(C)OC(C)(C)C)o1. The van der Waals surface area contributed by atoms with Crippen molar-refractivity contribution >= 4 is 29.8 Å². The number of aromatic nitrogens is 4. The number of rotatable bonds is 17. The van der Waals surface area contributed by atoms with Crippen LogP contribution in [-0.4, -0.2) is 96.1 Å². The molecule has 70 heavy (non-hydrogen) atoms. The number of hydrogen-bond donors (Lipinski definition) is 4. The van der Waals surface area contributed by atoms with Gasteiger partial charge in [0.25, 0.3) is 5.69 Å². The normalized spacial score (nSPS) is 15.3. The zero-order valence-electron chi connectivity index (χ0n) is 45.0. The first kappa shape index (κ1) is 62.3. The minimum Gasteiger partial charge on any atom is -0.458 e. The average Bonchev–Trinajstić information content (AvgIpc) is 3.91. The number of hydrogen-bond acceptors (Lipinski definition) is 18. The maximum absolute atomic E-state index is 12.7. The van der Waals surface area contributed by atoms with Crippen molar-refractivity contribution in [3.8, 4) is 5.75 Å². The molecule has 2 heterocycles. The fourth-order valence-electron chi connectivity index (χ4n) is 5.66. The molecule has 2 unspecified atom stereocenters. The van der Waals surface area contributed by atoms with Gasteiger partial charge in [0.05, 0.1) is 34.4 Å². The number of carbonyl (C=O) groups is 4. The fourth-order valence-corrected chi connectivity index (χ4v) is 5.66. The summed E-state index contributed by atoms with van der Waals surface area (Å²) in [5, 5.41) is 34.3. The number of urea groups is 1. The molecule has 1 aromatic carbocycles. The second-order valence-electron chi connectivity index (χ2n) is 20.9. The van der Waals surface area contributed by atoms with Crippen LogP contribution in [0.15, 0.2) is 33.1 Å². The van der Waals surface area contributed by atoms with Crippen LogP contribution in [0.1, 0.15) is 199 Å². The molecular weight excluding hydrogens is 911 g/mol. The van der Waals surface area contributed by atoms with Crippen molar-refractivity contribution in [1.29, 1.82) is 0 Å².